The molecule has 2 aliphatic rings. The third-order valence-electron chi connectivity index (χ3n) is 5.54. The van der Waals surface area contributed by atoms with E-state index in [9.17, 15) is 9.59 Å². The number of nitrogens with one attached hydrogen (secondary N) is 3. The highest BCUT2D eigenvalue weighted by Crippen LogP contribution is 2.17. The molecule has 1 aliphatic heterocycles. The highest BCUT2D eigenvalue weighted by Gasteiger charge is 2.21. The predicted molar refractivity (Wildman–Crippen MR) is 101 cm³/mol. The number of unbranched alkanes of at least 4 members (excludes halogenated alkanes) is 2. The Balaban J connectivity index is 1.46. The summed E-state index contributed by atoms with van der Waals surface area (Å²) in [5.41, 5.74) is 0. The first kappa shape index (κ1) is 20.0. The molecule has 0 radical (unpaired) electrons. The van der Waals surface area contributed by atoms with E-state index >= 15 is 0 Å². The maximum Gasteiger partial charge on any atom is 0.315 e. The molecule has 0 aromatic rings. The van der Waals surface area contributed by atoms with Crippen LogP contribution in [0.3, 0.4) is 0 Å². The highest BCUT2D eigenvalue weighted by molar-refractivity contribution is 5.76. The van der Waals surface area contributed by atoms with Crippen molar-refractivity contribution in [3.05, 3.63) is 0 Å². The Morgan fingerprint density at radius 2 is 1.72 bits per heavy atom. The van der Waals surface area contributed by atoms with Crippen molar-refractivity contribution in [2.24, 2.45) is 0 Å². The number of carbonyl (C=O) groups excluding carboxylic acids is 2. The van der Waals surface area contributed by atoms with Crippen molar-refractivity contribution in [2.75, 3.05) is 26.7 Å². The summed E-state index contributed by atoms with van der Waals surface area (Å²) >= 11 is 0. The fourth-order valence-electron chi connectivity index (χ4n) is 3.84. The Labute approximate surface area is 152 Å². The van der Waals surface area contributed by atoms with E-state index in [0.29, 0.717) is 25.0 Å². The molecule has 2 rings (SSSR count). The first-order chi connectivity index (χ1) is 12.2. The van der Waals surface area contributed by atoms with Gasteiger partial charge in [-0.2, -0.15) is 0 Å². The van der Waals surface area contributed by atoms with Crippen LogP contribution in [0, 0.1) is 0 Å². The van der Waals surface area contributed by atoms with Crippen molar-refractivity contribution in [1.29, 1.82) is 0 Å². The summed E-state index contributed by atoms with van der Waals surface area (Å²) in [7, 11) is 1.94. The van der Waals surface area contributed by atoms with Gasteiger partial charge in [0.2, 0.25) is 5.91 Å². The monoisotopic (exact) mass is 352 g/mol. The van der Waals surface area contributed by atoms with Gasteiger partial charge >= 0.3 is 6.03 Å². The normalized spacial score (nSPS) is 19.4. The standard InChI is InChI=1S/C19H36N4O2/c1-23(17-11-14-20-15-12-17)18(24)10-6-3-7-13-21-19(25)22-16-8-4-2-5-9-16/h16-17,20H,2-15H2,1H3,(H2,21,22,25). The molecule has 0 aromatic carbocycles. The number of rotatable bonds is 8. The molecular weight excluding hydrogens is 316 g/mol. The van der Waals surface area contributed by atoms with Crippen LogP contribution >= 0.6 is 0 Å². The third kappa shape index (κ3) is 7.63. The van der Waals surface area contributed by atoms with Gasteiger partial charge in [0.1, 0.15) is 0 Å². The average Bonchev–Trinajstić information content (AvgIpc) is 2.65. The largest absolute Gasteiger partial charge is 0.343 e. The van der Waals surface area contributed by atoms with Crippen LogP contribution in [0.1, 0.15) is 70.6 Å². The van der Waals surface area contributed by atoms with E-state index in [2.05, 4.69) is 16.0 Å². The molecule has 0 aromatic heterocycles. The SMILES string of the molecule is CN(C(=O)CCCCCNC(=O)NC1CCCCC1)C1CCNCC1. The summed E-state index contributed by atoms with van der Waals surface area (Å²) in [6.45, 7) is 2.71. The lowest BCUT2D eigenvalue weighted by Gasteiger charge is -2.31. The second-order valence-electron chi connectivity index (χ2n) is 7.53. The molecule has 25 heavy (non-hydrogen) atoms. The zero-order valence-electron chi connectivity index (χ0n) is 15.8. The first-order valence-corrected chi connectivity index (χ1v) is 10.2. The van der Waals surface area contributed by atoms with Crippen LogP contribution in [0.4, 0.5) is 4.79 Å². The minimum absolute atomic E-state index is 0.0337. The Bertz CT molecular complexity index is 404. The van der Waals surface area contributed by atoms with E-state index in [0.717, 1.165) is 58.0 Å². The van der Waals surface area contributed by atoms with Crippen molar-refractivity contribution in [3.63, 3.8) is 0 Å². The van der Waals surface area contributed by atoms with Crippen LogP contribution in [0.2, 0.25) is 0 Å². The molecule has 2 fully saturated rings. The van der Waals surface area contributed by atoms with Crippen molar-refractivity contribution >= 4 is 11.9 Å². The van der Waals surface area contributed by atoms with E-state index in [4.69, 9.17) is 0 Å². The van der Waals surface area contributed by atoms with Crippen LogP contribution in [0.5, 0.6) is 0 Å². The molecule has 0 unspecified atom stereocenters. The van der Waals surface area contributed by atoms with Crippen molar-refractivity contribution in [3.8, 4) is 0 Å². The van der Waals surface area contributed by atoms with Crippen molar-refractivity contribution in [2.45, 2.75) is 82.7 Å². The van der Waals surface area contributed by atoms with Gasteiger partial charge in [-0.05, 0) is 51.6 Å². The van der Waals surface area contributed by atoms with E-state index in [1.165, 1.54) is 19.3 Å². The maximum absolute atomic E-state index is 12.2. The molecule has 3 N–H and O–H groups in total. The zero-order chi connectivity index (χ0) is 17.9. The average molecular weight is 353 g/mol. The summed E-state index contributed by atoms with van der Waals surface area (Å²) in [6.07, 6.45) is 11.5. The molecule has 1 saturated carbocycles. The highest BCUT2D eigenvalue weighted by atomic mass is 16.2. The topological polar surface area (TPSA) is 73.5 Å². The fourth-order valence-corrected chi connectivity index (χ4v) is 3.84. The Kier molecular flexibility index (Phi) is 9.08. The lowest BCUT2D eigenvalue weighted by atomic mass is 9.96. The number of hydrogen-bond acceptors (Lipinski definition) is 3. The van der Waals surface area contributed by atoms with Crippen LogP contribution in [0.25, 0.3) is 0 Å². The minimum atomic E-state index is -0.0337. The van der Waals surface area contributed by atoms with Crippen LogP contribution < -0.4 is 16.0 Å². The number of hydrogen-bond donors (Lipinski definition) is 3. The Hall–Kier alpha value is -1.30. The van der Waals surface area contributed by atoms with Crippen LogP contribution in [0.15, 0.2) is 0 Å². The number of amides is 3. The van der Waals surface area contributed by atoms with Crippen LogP contribution in [-0.2, 0) is 4.79 Å². The van der Waals surface area contributed by atoms with Gasteiger partial charge in [0.25, 0.3) is 0 Å². The summed E-state index contributed by atoms with van der Waals surface area (Å²) < 4.78 is 0. The molecule has 144 valence electrons. The number of carbonyl (C=O) groups is 2. The Morgan fingerprint density at radius 1 is 1.00 bits per heavy atom. The minimum Gasteiger partial charge on any atom is -0.343 e. The molecule has 3 amide bonds. The van der Waals surface area contributed by atoms with E-state index in [1.807, 2.05) is 11.9 Å². The van der Waals surface area contributed by atoms with Gasteiger partial charge in [0, 0.05) is 32.1 Å². The van der Waals surface area contributed by atoms with Gasteiger partial charge in [-0.25, -0.2) is 4.79 Å². The second kappa shape index (κ2) is 11.3. The number of nitrogens with zero attached hydrogens (tertiary/aromatic N) is 1. The Morgan fingerprint density at radius 3 is 2.44 bits per heavy atom. The molecule has 0 bridgehead atoms. The first-order valence-electron chi connectivity index (χ1n) is 10.2. The predicted octanol–water partition coefficient (Wildman–Crippen LogP) is 2.39. The van der Waals surface area contributed by atoms with Crippen molar-refractivity contribution in [1.82, 2.24) is 20.9 Å². The summed E-state index contributed by atoms with van der Waals surface area (Å²) in [5, 5.41) is 9.34. The van der Waals surface area contributed by atoms with Gasteiger partial charge in [0.15, 0.2) is 0 Å². The fraction of sp³-hybridized carbons (Fsp3) is 0.895. The molecule has 1 heterocycles. The van der Waals surface area contributed by atoms with E-state index in [1.54, 1.807) is 0 Å². The van der Waals surface area contributed by atoms with Gasteiger partial charge < -0.3 is 20.9 Å². The molecule has 0 atom stereocenters. The smallest absolute Gasteiger partial charge is 0.315 e. The molecule has 6 nitrogen and oxygen atoms in total. The third-order valence-corrected chi connectivity index (χ3v) is 5.54. The maximum atomic E-state index is 12.2. The van der Waals surface area contributed by atoms with Crippen LogP contribution in [-0.4, -0.2) is 55.6 Å². The lowest BCUT2D eigenvalue weighted by Crippen LogP contribution is -2.43. The second-order valence-corrected chi connectivity index (χ2v) is 7.53. The molecular formula is C19H36N4O2. The lowest BCUT2D eigenvalue weighted by molar-refractivity contribution is -0.132. The van der Waals surface area contributed by atoms with Gasteiger partial charge in [-0.15, -0.1) is 0 Å². The molecule has 1 aliphatic carbocycles. The van der Waals surface area contributed by atoms with E-state index in [-0.39, 0.29) is 11.9 Å². The molecule has 1 saturated heterocycles. The zero-order valence-corrected chi connectivity index (χ0v) is 15.8. The van der Waals surface area contributed by atoms with Gasteiger partial charge in [0.05, 0.1) is 0 Å². The van der Waals surface area contributed by atoms with Crippen molar-refractivity contribution < 1.29 is 9.59 Å². The molecule has 6 heteroatoms. The summed E-state index contributed by atoms with van der Waals surface area (Å²) in [4.78, 5) is 26.0. The number of piperidine rings is 1. The quantitative estimate of drug-likeness (QED) is 0.587. The molecule has 0 spiro atoms. The van der Waals surface area contributed by atoms with Gasteiger partial charge in [-0.3, -0.25) is 4.79 Å². The van der Waals surface area contributed by atoms with E-state index < -0.39 is 0 Å². The number of urea groups is 1. The summed E-state index contributed by atoms with van der Waals surface area (Å²) in [6, 6.07) is 0.726. The summed E-state index contributed by atoms with van der Waals surface area (Å²) in [5.74, 6) is 0.259. The van der Waals surface area contributed by atoms with Gasteiger partial charge in [-0.1, -0.05) is 25.7 Å².